The molecule has 1 spiro atoms. The predicted octanol–water partition coefficient (Wildman–Crippen LogP) is 1.80. The summed E-state index contributed by atoms with van der Waals surface area (Å²) in [5.41, 5.74) is 0.0301. The third kappa shape index (κ3) is 0.707. The highest BCUT2D eigenvalue weighted by atomic mass is 16.2. The van der Waals surface area contributed by atoms with Crippen molar-refractivity contribution >= 4 is 5.91 Å². The maximum Gasteiger partial charge on any atom is 0.329 e. The molecule has 2 aliphatic rings. The van der Waals surface area contributed by atoms with E-state index in [0.29, 0.717) is 10.4 Å². The van der Waals surface area contributed by atoms with Gasteiger partial charge in [-0.1, -0.05) is 0 Å². The molecular weight excluding hydrogens is 150 g/mol. The number of nitrogens with zero attached hydrogens (tertiary/aromatic N) is 1. The quantitative estimate of drug-likeness (QED) is 0.569. The normalized spacial score (nSPS) is 28.8. The van der Waals surface area contributed by atoms with Gasteiger partial charge in [0.1, 0.15) is 12.4 Å². The fraction of sp³-hybridized carbons (Fsp3) is 0.500. The molecule has 1 aliphatic carbocycles. The molecular formula is C10H14NO+. The van der Waals surface area contributed by atoms with E-state index in [2.05, 4.69) is 13.2 Å². The van der Waals surface area contributed by atoms with Gasteiger partial charge in [0.15, 0.2) is 0 Å². The lowest BCUT2D eigenvalue weighted by Crippen LogP contribution is -2.39. The summed E-state index contributed by atoms with van der Waals surface area (Å²) < 4.78 is 0.292. The van der Waals surface area contributed by atoms with Gasteiger partial charge in [-0.05, 0) is 26.0 Å². The van der Waals surface area contributed by atoms with E-state index in [0.717, 1.165) is 25.8 Å². The van der Waals surface area contributed by atoms with E-state index in [1.807, 2.05) is 0 Å². The van der Waals surface area contributed by atoms with Crippen LogP contribution in [-0.2, 0) is 4.79 Å². The Hall–Kier alpha value is -0.890. The summed E-state index contributed by atoms with van der Waals surface area (Å²) in [6.07, 6.45) is 6.59. The smallest absolute Gasteiger partial charge is 0.229 e. The molecule has 1 aliphatic heterocycles. The molecule has 1 amide bonds. The molecule has 0 atom stereocenters. The number of carbonyl (C=O) groups excluding carboxylic acids is 1. The standard InChI is InChI=1S/C10H14NO/c1-3-11(4-2)8-7-10(5-6-10)9(11)12/h3-4H,1-2,5-8H2/q+1. The van der Waals surface area contributed by atoms with Crippen LogP contribution in [-0.4, -0.2) is 16.9 Å². The maximum atomic E-state index is 11.9. The monoisotopic (exact) mass is 164 g/mol. The highest BCUT2D eigenvalue weighted by Crippen LogP contribution is 2.56. The van der Waals surface area contributed by atoms with Crippen molar-refractivity contribution in [3.05, 3.63) is 25.6 Å². The van der Waals surface area contributed by atoms with E-state index in [9.17, 15) is 4.79 Å². The SMILES string of the molecule is C=C[N+]1(C=C)CCC2(CC2)C1=O. The molecule has 12 heavy (non-hydrogen) atoms. The van der Waals surface area contributed by atoms with Gasteiger partial charge >= 0.3 is 5.91 Å². The van der Waals surface area contributed by atoms with Crippen molar-refractivity contribution in [1.29, 1.82) is 0 Å². The number of hydrogen-bond acceptors (Lipinski definition) is 1. The van der Waals surface area contributed by atoms with E-state index in [1.165, 1.54) is 0 Å². The van der Waals surface area contributed by atoms with Crippen LogP contribution in [0.2, 0.25) is 0 Å². The topological polar surface area (TPSA) is 17.1 Å². The number of hydrogen-bond donors (Lipinski definition) is 0. The van der Waals surface area contributed by atoms with Crippen LogP contribution < -0.4 is 0 Å². The van der Waals surface area contributed by atoms with E-state index in [-0.39, 0.29) is 5.41 Å². The first-order valence-electron chi connectivity index (χ1n) is 4.39. The predicted molar refractivity (Wildman–Crippen MR) is 46.8 cm³/mol. The molecule has 0 unspecified atom stereocenters. The van der Waals surface area contributed by atoms with Crippen molar-refractivity contribution in [2.75, 3.05) is 6.54 Å². The van der Waals surface area contributed by atoms with Crippen LogP contribution in [0.1, 0.15) is 19.3 Å². The van der Waals surface area contributed by atoms with E-state index >= 15 is 0 Å². The summed E-state index contributed by atoms with van der Waals surface area (Å²) in [7, 11) is 0. The highest BCUT2D eigenvalue weighted by Gasteiger charge is 2.63. The zero-order valence-corrected chi connectivity index (χ0v) is 7.25. The Kier molecular flexibility index (Phi) is 1.34. The van der Waals surface area contributed by atoms with Crippen LogP contribution >= 0.6 is 0 Å². The highest BCUT2D eigenvalue weighted by molar-refractivity contribution is 5.82. The minimum atomic E-state index is 0.0301. The molecule has 2 heteroatoms. The van der Waals surface area contributed by atoms with Crippen LogP contribution in [0.15, 0.2) is 25.6 Å². The Morgan fingerprint density at radius 1 is 1.25 bits per heavy atom. The third-order valence-electron chi connectivity index (χ3n) is 3.30. The molecule has 0 aromatic carbocycles. The van der Waals surface area contributed by atoms with Crippen LogP contribution in [0, 0.1) is 5.41 Å². The Morgan fingerprint density at radius 3 is 2.08 bits per heavy atom. The van der Waals surface area contributed by atoms with Crippen molar-refractivity contribution in [1.82, 2.24) is 0 Å². The van der Waals surface area contributed by atoms with Crippen molar-refractivity contribution in [2.45, 2.75) is 19.3 Å². The second kappa shape index (κ2) is 2.07. The van der Waals surface area contributed by atoms with Gasteiger partial charge in [0.05, 0.1) is 12.0 Å². The van der Waals surface area contributed by atoms with Crippen LogP contribution in [0.25, 0.3) is 0 Å². The second-order valence-corrected chi connectivity index (χ2v) is 3.85. The number of quaternary nitrogens is 1. The first-order chi connectivity index (χ1) is 5.69. The lowest BCUT2D eigenvalue weighted by Gasteiger charge is -2.21. The molecule has 1 saturated heterocycles. The second-order valence-electron chi connectivity index (χ2n) is 3.85. The van der Waals surface area contributed by atoms with Gasteiger partial charge in [-0.15, -0.1) is 0 Å². The van der Waals surface area contributed by atoms with Gasteiger partial charge in [-0.2, -0.15) is 0 Å². The van der Waals surface area contributed by atoms with Crippen LogP contribution in [0.3, 0.4) is 0 Å². The summed E-state index contributed by atoms with van der Waals surface area (Å²) in [6.45, 7) is 8.29. The third-order valence-corrected chi connectivity index (χ3v) is 3.30. The number of rotatable bonds is 2. The maximum absolute atomic E-state index is 11.9. The molecule has 0 N–H and O–H groups in total. The molecule has 2 rings (SSSR count). The molecule has 1 heterocycles. The van der Waals surface area contributed by atoms with Crippen LogP contribution in [0.4, 0.5) is 0 Å². The lowest BCUT2D eigenvalue weighted by atomic mass is 10.1. The van der Waals surface area contributed by atoms with Gasteiger partial charge < -0.3 is 0 Å². The van der Waals surface area contributed by atoms with Gasteiger partial charge in [-0.25, -0.2) is 9.28 Å². The number of amides is 1. The minimum absolute atomic E-state index is 0.0301. The van der Waals surface area contributed by atoms with Crippen LogP contribution in [0.5, 0.6) is 0 Å². The van der Waals surface area contributed by atoms with Crippen molar-refractivity contribution in [2.24, 2.45) is 5.41 Å². The molecule has 64 valence electrons. The Labute approximate surface area is 72.8 Å². The fourth-order valence-corrected chi connectivity index (χ4v) is 2.09. The lowest BCUT2D eigenvalue weighted by molar-refractivity contribution is -0.739. The largest absolute Gasteiger partial charge is 0.329 e. The summed E-state index contributed by atoms with van der Waals surface area (Å²) >= 11 is 0. The van der Waals surface area contributed by atoms with E-state index in [1.54, 1.807) is 12.4 Å². The molecule has 0 bridgehead atoms. The number of carbonyl (C=O) groups is 1. The van der Waals surface area contributed by atoms with Crippen molar-refractivity contribution in [3.63, 3.8) is 0 Å². The molecule has 2 nitrogen and oxygen atoms in total. The number of likely N-dealkylation sites (tertiary alicyclic amines) is 1. The van der Waals surface area contributed by atoms with E-state index < -0.39 is 0 Å². The summed E-state index contributed by atoms with van der Waals surface area (Å²) in [4.78, 5) is 11.9. The Morgan fingerprint density at radius 2 is 1.83 bits per heavy atom. The zero-order chi connectivity index (χ0) is 8.82. The molecule has 2 fully saturated rings. The minimum Gasteiger partial charge on any atom is -0.229 e. The molecule has 1 saturated carbocycles. The van der Waals surface area contributed by atoms with Gasteiger partial charge in [0.2, 0.25) is 0 Å². The van der Waals surface area contributed by atoms with Crippen molar-refractivity contribution < 1.29 is 9.28 Å². The van der Waals surface area contributed by atoms with Crippen molar-refractivity contribution in [3.8, 4) is 0 Å². The molecule has 0 aromatic heterocycles. The molecule has 0 aromatic rings. The fourth-order valence-electron chi connectivity index (χ4n) is 2.09. The average Bonchev–Trinajstić information content (AvgIpc) is 2.82. The first-order valence-corrected chi connectivity index (χ1v) is 4.39. The summed E-state index contributed by atoms with van der Waals surface area (Å²) in [6, 6.07) is 0. The molecule has 0 radical (unpaired) electrons. The van der Waals surface area contributed by atoms with Gasteiger partial charge in [0, 0.05) is 6.42 Å². The Balaban J connectivity index is 2.35. The summed E-state index contributed by atoms with van der Waals surface area (Å²) in [5.74, 6) is 0.313. The Bertz CT molecular complexity index is 255. The zero-order valence-electron chi connectivity index (χ0n) is 7.25. The van der Waals surface area contributed by atoms with E-state index in [4.69, 9.17) is 0 Å². The summed E-state index contributed by atoms with van der Waals surface area (Å²) in [5, 5.41) is 0. The van der Waals surface area contributed by atoms with Gasteiger partial charge in [-0.3, -0.25) is 0 Å². The first kappa shape index (κ1) is 7.74. The average molecular weight is 164 g/mol. The van der Waals surface area contributed by atoms with Gasteiger partial charge in [0.25, 0.3) is 0 Å².